The van der Waals surface area contributed by atoms with Crippen molar-refractivity contribution in [2.24, 2.45) is 5.10 Å². The summed E-state index contributed by atoms with van der Waals surface area (Å²) in [6.45, 7) is 0.672. The summed E-state index contributed by atoms with van der Waals surface area (Å²) < 4.78 is 12.6. The molecule has 162 valence electrons. The van der Waals surface area contributed by atoms with Crippen molar-refractivity contribution in [3.8, 4) is 11.5 Å². The topological polar surface area (TPSA) is 64.8 Å². The van der Waals surface area contributed by atoms with Crippen LogP contribution < -0.4 is 14.9 Å². The Morgan fingerprint density at radius 2 is 1.78 bits per heavy atom. The van der Waals surface area contributed by atoms with Gasteiger partial charge in [-0.05, 0) is 35.9 Å². The number of amides is 1. The van der Waals surface area contributed by atoms with Gasteiger partial charge in [0.25, 0.3) is 5.91 Å². The zero-order valence-corrected chi connectivity index (χ0v) is 18.5. The molecule has 0 bridgehead atoms. The fourth-order valence-electron chi connectivity index (χ4n) is 3.50. The third-order valence-corrected chi connectivity index (χ3v) is 5.28. The molecule has 0 aliphatic rings. The third-order valence-electron chi connectivity index (χ3n) is 5.04. The number of benzene rings is 3. The highest BCUT2D eigenvalue weighted by molar-refractivity contribution is 6.30. The Morgan fingerprint density at radius 3 is 2.50 bits per heavy atom. The Hall–Kier alpha value is -3.77. The Kier molecular flexibility index (Phi) is 6.42. The quantitative estimate of drug-likeness (QED) is 0.316. The molecule has 1 amide bonds. The number of halogens is 1. The Labute approximate surface area is 191 Å². The minimum Gasteiger partial charge on any atom is -0.497 e. The normalized spacial score (nSPS) is 11.1. The molecule has 0 aliphatic heterocycles. The molecule has 0 atom stereocenters. The zero-order chi connectivity index (χ0) is 22.5. The molecule has 0 unspecified atom stereocenters. The minimum atomic E-state index is -0.360. The molecule has 32 heavy (non-hydrogen) atoms. The number of ether oxygens (including phenoxy) is 2. The number of carbonyl (C=O) groups is 1. The van der Waals surface area contributed by atoms with Crippen LogP contribution in [0.25, 0.3) is 10.9 Å². The van der Waals surface area contributed by atoms with Crippen LogP contribution in [0.15, 0.2) is 78.0 Å². The van der Waals surface area contributed by atoms with E-state index in [2.05, 4.69) is 21.2 Å². The second-order valence-corrected chi connectivity index (χ2v) is 7.60. The molecule has 1 N–H and O–H groups in total. The van der Waals surface area contributed by atoms with Crippen molar-refractivity contribution in [3.05, 3.63) is 94.6 Å². The second kappa shape index (κ2) is 9.58. The molecule has 0 fully saturated rings. The summed E-state index contributed by atoms with van der Waals surface area (Å²) in [6.07, 6.45) is 3.65. The summed E-state index contributed by atoms with van der Waals surface area (Å²) in [4.78, 5) is 12.6. The largest absolute Gasteiger partial charge is 0.497 e. The predicted octanol–water partition coefficient (Wildman–Crippen LogP) is 5.12. The average Bonchev–Trinajstić information content (AvgIpc) is 3.16. The average molecular weight is 448 g/mol. The van der Waals surface area contributed by atoms with Crippen LogP contribution >= 0.6 is 11.6 Å². The van der Waals surface area contributed by atoms with Crippen molar-refractivity contribution < 1.29 is 14.3 Å². The highest BCUT2D eigenvalue weighted by Crippen LogP contribution is 2.23. The first-order valence-electron chi connectivity index (χ1n) is 9.96. The molecule has 4 rings (SSSR count). The lowest BCUT2D eigenvalue weighted by atomic mass is 10.2. The van der Waals surface area contributed by atoms with Crippen LogP contribution in [0.2, 0.25) is 5.02 Å². The molecule has 0 spiro atoms. The molecule has 0 saturated heterocycles. The van der Waals surface area contributed by atoms with E-state index in [1.54, 1.807) is 24.4 Å². The minimum absolute atomic E-state index is 0.360. The van der Waals surface area contributed by atoms with Gasteiger partial charge in [0.2, 0.25) is 0 Å². The maximum Gasteiger partial charge on any atom is 0.271 e. The van der Waals surface area contributed by atoms with E-state index in [4.69, 9.17) is 21.1 Å². The van der Waals surface area contributed by atoms with E-state index in [9.17, 15) is 4.79 Å². The standard InChI is InChI=1S/C25H22ClN3O3/c1-31-21-11-18(12-22(13-21)32-2)25(30)28-27-14-19-16-29(24-9-4-3-8-23(19)24)15-17-6-5-7-20(26)10-17/h3-14,16H,15H2,1-2H3,(H,28,30)/b27-14-. The van der Waals surface area contributed by atoms with Crippen LogP contribution in [0.3, 0.4) is 0 Å². The highest BCUT2D eigenvalue weighted by Gasteiger charge is 2.10. The number of hydrogen-bond donors (Lipinski definition) is 1. The summed E-state index contributed by atoms with van der Waals surface area (Å²) in [7, 11) is 3.07. The second-order valence-electron chi connectivity index (χ2n) is 7.16. The number of methoxy groups -OCH3 is 2. The molecule has 1 heterocycles. The van der Waals surface area contributed by atoms with Crippen LogP contribution in [0.4, 0.5) is 0 Å². The van der Waals surface area contributed by atoms with Gasteiger partial charge in [0.1, 0.15) is 11.5 Å². The number of hydrogen-bond acceptors (Lipinski definition) is 4. The first-order valence-corrected chi connectivity index (χ1v) is 10.3. The lowest BCUT2D eigenvalue weighted by Crippen LogP contribution is -2.17. The molecule has 1 aromatic heterocycles. The number of para-hydroxylation sites is 1. The number of rotatable bonds is 7. The number of carbonyl (C=O) groups excluding carboxylic acids is 1. The van der Waals surface area contributed by atoms with E-state index in [0.717, 1.165) is 22.0 Å². The van der Waals surface area contributed by atoms with Crippen molar-refractivity contribution in [2.75, 3.05) is 14.2 Å². The molecule has 4 aromatic rings. The summed E-state index contributed by atoms with van der Waals surface area (Å²) in [6, 6.07) is 20.8. The van der Waals surface area contributed by atoms with Crippen LogP contribution in [-0.2, 0) is 6.54 Å². The van der Waals surface area contributed by atoms with Gasteiger partial charge in [-0.3, -0.25) is 4.79 Å². The van der Waals surface area contributed by atoms with Gasteiger partial charge in [-0.1, -0.05) is 41.9 Å². The van der Waals surface area contributed by atoms with Crippen molar-refractivity contribution in [2.45, 2.75) is 6.54 Å². The van der Waals surface area contributed by atoms with Gasteiger partial charge < -0.3 is 14.0 Å². The number of nitrogens with zero attached hydrogens (tertiary/aromatic N) is 2. The van der Waals surface area contributed by atoms with Gasteiger partial charge >= 0.3 is 0 Å². The lowest BCUT2D eigenvalue weighted by Gasteiger charge is -2.07. The van der Waals surface area contributed by atoms with Gasteiger partial charge in [0.05, 0.1) is 20.4 Å². The number of nitrogens with one attached hydrogen (secondary N) is 1. The number of fused-ring (bicyclic) bond motifs is 1. The highest BCUT2D eigenvalue weighted by atomic mass is 35.5. The molecule has 3 aromatic carbocycles. The van der Waals surface area contributed by atoms with Gasteiger partial charge in [0.15, 0.2) is 0 Å². The third kappa shape index (κ3) is 4.76. The predicted molar refractivity (Wildman–Crippen MR) is 127 cm³/mol. The van der Waals surface area contributed by atoms with Crippen molar-refractivity contribution in [1.82, 2.24) is 9.99 Å². The zero-order valence-electron chi connectivity index (χ0n) is 17.7. The molecule has 7 heteroatoms. The van der Waals surface area contributed by atoms with E-state index in [-0.39, 0.29) is 5.91 Å². The van der Waals surface area contributed by atoms with Gasteiger partial charge in [-0.15, -0.1) is 0 Å². The van der Waals surface area contributed by atoms with Crippen molar-refractivity contribution in [3.63, 3.8) is 0 Å². The molecule has 0 aliphatic carbocycles. The van der Waals surface area contributed by atoms with Crippen LogP contribution in [0.5, 0.6) is 11.5 Å². The van der Waals surface area contributed by atoms with Crippen LogP contribution in [0, 0.1) is 0 Å². The monoisotopic (exact) mass is 447 g/mol. The van der Waals surface area contributed by atoms with E-state index >= 15 is 0 Å². The first-order chi connectivity index (χ1) is 15.6. The summed E-state index contributed by atoms with van der Waals surface area (Å²) in [5, 5.41) is 5.92. The molecular weight excluding hydrogens is 426 g/mol. The number of aromatic nitrogens is 1. The molecular formula is C25H22ClN3O3. The smallest absolute Gasteiger partial charge is 0.271 e. The van der Waals surface area contributed by atoms with Gasteiger partial charge in [-0.2, -0.15) is 5.10 Å². The van der Waals surface area contributed by atoms with Gasteiger partial charge in [0, 0.05) is 45.9 Å². The summed E-state index contributed by atoms with van der Waals surface area (Å²) in [5.41, 5.74) is 6.03. The molecule has 0 saturated carbocycles. The lowest BCUT2D eigenvalue weighted by molar-refractivity contribution is 0.0954. The number of hydrazone groups is 1. The van der Waals surface area contributed by atoms with E-state index < -0.39 is 0 Å². The fraction of sp³-hybridized carbons (Fsp3) is 0.120. The Bertz CT molecular complexity index is 1270. The first kappa shape index (κ1) is 21.5. The Balaban J connectivity index is 1.56. The van der Waals surface area contributed by atoms with Crippen molar-refractivity contribution in [1.29, 1.82) is 0 Å². The fourth-order valence-corrected chi connectivity index (χ4v) is 3.72. The van der Waals surface area contributed by atoms with E-state index in [0.29, 0.717) is 28.6 Å². The van der Waals surface area contributed by atoms with E-state index in [1.165, 1.54) is 14.2 Å². The van der Waals surface area contributed by atoms with E-state index in [1.807, 2.05) is 48.7 Å². The van der Waals surface area contributed by atoms with Crippen molar-refractivity contribution >= 4 is 34.6 Å². The molecule has 0 radical (unpaired) electrons. The maximum absolute atomic E-state index is 12.6. The maximum atomic E-state index is 12.6. The summed E-state index contributed by atoms with van der Waals surface area (Å²) >= 11 is 6.13. The van der Waals surface area contributed by atoms with Crippen LogP contribution in [-0.4, -0.2) is 30.9 Å². The summed E-state index contributed by atoms with van der Waals surface area (Å²) in [5.74, 6) is 0.700. The Morgan fingerprint density at radius 1 is 1.03 bits per heavy atom. The van der Waals surface area contributed by atoms with Crippen LogP contribution in [0.1, 0.15) is 21.5 Å². The SMILES string of the molecule is COc1cc(OC)cc(C(=O)N/N=C\c2cn(Cc3cccc(Cl)c3)c3ccccc23)c1. The van der Waals surface area contributed by atoms with Gasteiger partial charge in [-0.25, -0.2) is 5.43 Å². The molecule has 6 nitrogen and oxygen atoms in total.